The number of rotatable bonds is 9. The lowest BCUT2D eigenvalue weighted by Gasteiger charge is -2.17. The number of halogens is 3. The molecule has 0 aliphatic heterocycles. The van der Waals surface area contributed by atoms with Gasteiger partial charge in [0.1, 0.15) is 23.9 Å². The van der Waals surface area contributed by atoms with Gasteiger partial charge >= 0.3 is 15.6 Å². The SMILES string of the molecule is CON(OC)OCc1cc(Oc2ccc(C#N)cc2)ccc1OS(=O)(=O)C(F)(F)F. The van der Waals surface area contributed by atoms with Crippen molar-refractivity contribution < 1.29 is 45.0 Å². The van der Waals surface area contributed by atoms with Crippen LogP contribution in [-0.4, -0.2) is 33.5 Å². The van der Waals surface area contributed by atoms with Crippen molar-refractivity contribution in [3.05, 3.63) is 53.6 Å². The van der Waals surface area contributed by atoms with Crippen molar-refractivity contribution in [3.63, 3.8) is 0 Å². The number of nitrogens with zero attached hydrogens (tertiary/aromatic N) is 2. The van der Waals surface area contributed by atoms with Gasteiger partial charge in [0.2, 0.25) is 0 Å². The molecule has 9 nitrogen and oxygen atoms in total. The first kappa shape index (κ1) is 23.4. The molecule has 0 spiro atoms. The standard InChI is InChI=1S/C17H15F3N2O7S/c1-25-22(26-2)27-11-13-9-15(28-14-5-3-12(10-21)4-6-14)7-8-16(13)29-30(23,24)17(18,19)20/h3-9H,11H2,1-2H3. The summed E-state index contributed by atoms with van der Waals surface area (Å²) in [7, 11) is -3.52. The Morgan fingerprint density at radius 3 is 2.17 bits per heavy atom. The summed E-state index contributed by atoms with van der Waals surface area (Å²) < 4.78 is 70.5. The first-order chi connectivity index (χ1) is 14.1. The molecule has 0 amide bonds. The van der Waals surface area contributed by atoms with E-state index < -0.39 is 28.0 Å². The van der Waals surface area contributed by atoms with Crippen molar-refractivity contribution in [3.8, 4) is 23.3 Å². The van der Waals surface area contributed by atoms with Crippen LogP contribution in [0.5, 0.6) is 17.2 Å². The van der Waals surface area contributed by atoms with Crippen LogP contribution in [-0.2, 0) is 31.2 Å². The third kappa shape index (κ3) is 6.05. The lowest BCUT2D eigenvalue weighted by atomic mass is 10.2. The molecule has 162 valence electrons. The topological polar surface area (TPSA) is 107 Å². The summed E-state index contributed by atoms with van der Waals surface area (Å²) in [6.07, 6.45) is 0. The highest BCUT2D eigenvalue weighted by molar-refractivity contribution is 7.88. The fourth-order valence-corrected chi connectivity index (χ4v) is 2.51. The molecule has 0 atom stereocenters. The Morgan fingerprint density at radius 2 is 1.63 bits per heavy atom. The van der Waals surface area contributed by atoms with E-state index in [0.29, 0.717) is 16.7 Å². The van der Waals surface area contributed by atoms with E-state index in [4.69, 9.17) is 14.8 Å². The minimum absolute atomic E-state index is 0.118. The van der Waals surface area contributed by atoms with Gasteiger partial charge in [0.15, 0.2) is 0 Å². The molecule has 0 saturated heterocycles. The molecule has 0 saturated carbocycles. The van der Waals surface area contributed by atoms with Gasteiger partial charge in [0.25, 0.3) is 0 Å². The Labute approximate surface area is 169 Å². The largest absolute Gasteiger partial charge is 0.534 e. The van der Waals surface area contributed by atoms with Crippen molar-refractivity contribution in [1.29, 1.82) is 5.26 Å². The van der Waals surface area contributed by atoms with Gasteiger partial charge < -0.3 is 8.92 Å². The van der Waals surface area contributed by atoms with Crippen LogP contribution < -0.4 is 8.92 Å². The Kier molecular flexibility index (Phi) is 7.59. The van der Waals surface area contributed by atoms with Crippen LogP contribution in [0.3, 0.4) is 0 Å². The number of ether oxygens (including phenoxy) is 1. The van der Waals surface area contributed by atoms with Gasteiger partial charge in [0, 0.05) is 5.56 Å². The molecule has 0 aliphatic rings. The van der Waals surface area contributed by atoms with Gasteiger partial charge in [-0.05, 0) is 42.5 Å². The smallest absolute Gasteiger partial charge is 0.457 e. The van der Waals surface area contributed by atoms with Crippen LogP contribution >= 0.6 is 0 Å². The average molecular weight is 448 g/mol. The number of alkyl halides is 3. The van der Waals surface area contributed by atoms with Crippen LogP contribution in [0.4, 0.5) is 13.2 Å². The quantitative estimate of drug-likeness (QED) is 0.324. The molecular formula is C17H15F3N2O7S. The average Bonchev–Trinajstić information content (AvgIpc) is 2.70. The predicted octanol–water partition coefficient (Wildman–Crippen LogP) is 3.44. The summed E-state index contributed by atoms with van der Waals surface area (Å²) in [6, 6.07) is 11.3. The van der Waals surface area contributed by atoms with Crippen LogP contribution in [0, 0.1) is 11.3 Å². The fraction of sp³-hybridized carbons (Fsp3) is 0.235. The summed E-state index contributed by atoms with van der Waals surface area (Å²) in [5.74, 6) is -0.170. The third-order valence-corrected chi connectivity index (χ3v) is 4.32. The van der Waals surface area contributed by atoms with Gasteiger partial charge in [-0.2, -0.15) is 26.9 Å². The van der Waals surface area contributed by atoms with Crippen molar-refractivity contribution in [2.45, 2.75) is 12.1 Å². The molecule has 0 aromatic heterocycles. The van der Waals surface area contributed by atoms with E-state index in [0.717, 1.165) is 6.07 Å². The minimum Gasteiger partial charge on any atom is -0.457 e. The van der Waals surface area contributed by atoms with Crippen molar-refractivity contribution in [2.75, 3.05) is 14.2 Å². The zero-order chi connectivity index (χ0) is 22.4. The summed E-state index contributed by atoms with van der Waals surface area (Å²) in [5, 5.41) is 9.35. The maximum absolute atomic E-state index is 12.7. The van der Waals surface area contributed by atoms with Crippen LogP contribution in [0.25, 0.3) is 0 Å². The molecule has 0 heterocycles. The van der Waals surface area contributed by atoms with E-state index >= 15 is 0 Å². The molecule has 30 heavy (non-hydrogen) atoms. The Bertz CT molecular complexity index is 1000. The molecule has 0 bridgehead atoms. The zero-order valence-electron chi connectivity index (χ0n) is 15.5. The Balaban J connectivity index is 2.32. The highest BCUT2D eigenvalue weighted by Gasteiger charge is 2.48. The van der Waals surface area contributed by atoms with Crippen molar-refractivity contribution in [1.82, 2.24) is 5.39 Å². The minimum atomic E-state index is -5.91. The monoisotopic (exact) mass is 448 g/mol. The molecule has 0 aliphatic carbocycles. The highest BCUT2D eigenvalue weighted by atomic mass is 32.2. The van der Waals surface area contributed by atoms with Crippen LogP contribution in [0.15, 0.2) is 42.5 Å². The molecule has 0 N–H and O–H groups in total. The van der Waals surface area contributed by atoms with E-state index in [1.54, 1.807) is 0 Å². The van der Waals surface area contributed by atoms with Gasteiger partial charge in [-0.15, -0.1) is 0 Å². The maximum Gasteiger partial charge on any atom is 0.534 e. The lowest BCUT2D eigenvalue weighted by Crippen LogP contribution is -2.28. The second kappa shape index (κ2) is 9.74. The van der Waals surface area contributed by atoms with Crippen LogP contribution in [0.2, 0.25) is 0 Å². The second-order valence-corrected chi connectivity index (χ2v) is 6.89. The Hall–Kier alpha value is -2.89. The third-order valence-electron chi connectivity index (χ3n) is 3.36. The van der Waals surface area contributed by atoms with Crippen molar-refractivity contribution in [2.24, 2.45) is 0 Å². The molecule has 0 fully saturated rings. The normalized spacial score (nSPS) is 11.9. The lowest BCUT2D eigenvalue weighted by molar-refractivity contribution is -0.515. The van der Waals surface area contributed by atoms with E-state index in [-0.39, 0.29) is 11.3 Å². The number of benzene rings is 2. The summed E-state index contributed by atoms with van der Waals surface area (Å²) >= 11 is 0. The van der Waals surface area contributed by atoms with Gasteiger partial charge in [-0.1, -0.05) is 0 Å². The van der Waals surface area contributed by atoms with E-state index in [2.05, 4.69) is 13.9 Å². The fourth-order valence-electron chi connectivity index (χ4n) is 2.01. The molecule has 13 heteroatoms. The number of hydrogen-bond acceptors (Lipinski definition) is 9. The molecule has 0 unspecified atom stereocenters. The maximum atomic E-state index is 12.7. The van der Waals surface area contributed by atoms with Crippen LogP contribution in [0.1, 0.15) is 11.1 Å². The van der Waals surface area contributed by atoms with E-state index in [1.807, 2.05) is 6.07 Å². The predicted molar refractivity (Wildman–Crippen MR) is 93.9 cm³/mol. The van der Waals surface area contributed by atoms with E-state index in [9.17, 15) is 21.6 Å². The molecule has 2 rings (SSSR count). The zero-order valence-corrected chi connectivity index (χ0v) is 16.4. The number of hydrogen-bond donors (Lipinski definition) is 0. The number of nitriles is 1. The molecule has 2 aromatic carbocycles. The van der Waals surface area contributed by atoms with Gasteiger partial charge in [-0.3, -0.25) is 9.68 Å². The summed E-state index contributed by atoms with van der Waals surface area (Å²) in [5.41, 5.74) is -5.33. The Morgan fingerprint density at radius 1 is 1.03 bits per heavy atom. The first-order valence-corrected chi connectivity index (χ1v) is 9.33. The summed E-state index contributed by atoms with van der Waals surface area (Å²) in [4.78, 5) is 14.4. The van der Waals surface area contributed by atoms with Crippen molar-refractivity contribution >= 4 is 10.1 Å². The van der Waals surface area contributed by atoms with Gasteiger partial charge in [0.05, 0.1) is 31.2 Å². The van der Waals surface area contributed by atoms with Gasteiger partial charge in [-0.25, -0.2) is 4.84 Å². The summed E-state index contributed by atoms with van der Waals surface area (Å²) in [6.45, 7) is -0.491. The first-order valence-electron chi connectivity index (χ1n) is 7.92. The molecular weight excluding hydrogens is 433 g/mol. The molecule has 2 aromatic rings. The van der Waals surface area contributed by atoms with E-state index in [1.165, 1.54) is 50.6 Å². The second-order valence-electron chi connectivity index (χ2n) is 5.35. The highest BCUT2D eigenvalue weighted by Crippen LogP contribution is 2.33. The molecule has 0 radical (unpaired) electrons.